The summed E-state index contributed by atoms with van der Waals surface area (Å²) >= 11 is 3.52. The van der Waals surface area contributed by atoms with E-state index in [4.69, 9.17) is 4.74 Å². The summed E-state index contributed by atoms with van der Waals surface area (Å²) in [5.74, 6) is 2.97. The molecule has 1 aromatic carbocycles. The van der Waals surface area contributed by atoms with E-state index in [9.17, 15) is 4.21 Å². The Morgan fingerprint density at radius 1 is 1.44 bits per heavy atom. The van der Waals surface area contributed by atoms with Gasteiger partial charge in [-0.15, -0.1) is 0 Å². The predicted octanol–water partition coefficient (Wildman–Crippen LogP) is 1.85. The minimum Gasteiger partial charge on any atom is -0.493 e. The van der Waals surface area contributed by atoms with Crippen LogP contribution in [0.25, 0.3) is 0 Å². The largest absolute Gasteiger partial charge is 0.493 e. The Bertz CT molecular complexity index is 488. The summed E-state index contributed by atoms with van der Waals surface area (Å²) in [7, 11) is -0.791. The van der Waals surface area contributed by atoms with Crippen LogP contribution < -0.4 is 10.1 Å². The predicted molar refractivity (Wildman–Crippen MR) is 76.4 cm³/mol. The highest BCUT2D eigenvalue weighted by Crippen LogP contribution is 2.33. The van der Waals surface area contributed by atoms with E-state index in [-0.39, 0.29) is 0 Å². The third kappa shape index (κ3) is 2.63. The van der Waals surface area contributed by atoms with Gasteiger partial charge in [0.15, 0.2) is 0 Å². The van der Waals surface area contributed by atoms with Gasteiger partial charge in [-0.3, -0.25) is 4.21 Å². The van der Waals surface area contributed by atoms with E-state index >= 15 is 0 Å². The van der Waals surface area contributed by atoms with Crippen LogP contribution in [0.1, 0.15) is 11.1 Å². The van der Waals surface area contributed by atoms with Crippen molar-refractivity contribution in [1.82, 2.24) is 5.32 Å². The standard InChI is InChI=1S/C13H16BrNO2S/c14-12-3-10-1-2-17-13(10)11(4-12)8-18(16)7-9-5-15-6-9/h3-4,9,15H,1-2,5-8H2. The number of fused-ring (bicyclic) bond motifs is 1. The molecule has 18 heavy (non-hydrogen) atoms. The molecule has 0 aliphatic carbocycles. The van der Waals surface area contributed by atoms with Crippen molar-refractivity contribution >= 4 is 26.7 Å². The minimum atomic E-state index is -0.791. The van der Waals surface area contributed by atoms with Crippen LogP contribution in [0.2, 0.25) is 0 Å². The highest BCUT2D eigenvalue weighted by molar-refractivity contribution is 9.10. The van der Waals surface area contributed by atoms with Crippen molar-refractivity contribution in [2.45, 2.75) is 12.2 Å². The van der Waals surface area contributed by atoms with Gasteiger partial charge in [-0.25, -0.2) is 0 Å². The molecule has 98 valence electrons. The summed E-state index contributed by atoms with van der Waals surface area (Å²) in [5, 5.41) is 3.21. The number of nitrogens with one attached hydrogen (secondary N) is 1. The fourth-order valence-corrected chi connectivity index (χ4v) is 4.41. The molecule has 5 heteroatoms. The number of halogens is 1. The van der Waals surface area contributed by atoms with Crippen LogP contribution in [-0.2, 0) is 23.0 Å². The summed E-state index contributed by atoms with van der Waals surface area (Å²) in [4.78, 5) is 0. The van der Waals surface area contributed by atoms with Gasteiger partial charge >= 0.3 is 0 Å². The Balaban J connectivity index is 1.73. The van der Waals surface area contributed by atoms with Crippen molar-refractivity contribution in [3.8, 4) is 5.75 Å². The SMILES string of the molecule is O=S(Cc1cc(Br)cc2c1OCC2)CC1CNC1. The Hall–Kier alpha value is -0.390. The zero-order valence-electron chi connectivity index (χ0n) is 10.1. The average Bonchev–Trinajstić information content (AvgIpc) is 2.71. The van der Waals surface area contributed by atoms with Crippen molar-refractivity contribution in [2.75, 3.05) is 25.4 Å². The van der Waals surface area contributed by atoms with Gasteiger partial charge in [-0.05, 0) is 23.6 Å². The molecule has 2 aliphatic heterocycles. The minimum absolute atomic E-state index is 0.590. The van der Waals surface area contributed by atoms with Crippen LogP contribution in [-0.4, -0.2) is 29.7 Å². The first kappa shape index (κ1) is 12.6. The average molecular weight is 330 g/mol. The first-order valence-electron chi connectivity index (χ1n) is 6.22. The Kier molecular flexibility index (Phi) is 3.73. The highest BCUT2D eigenvalue weighted by atomic mass is 79.9. The first-order valence-corrected chi connectivity index (χ1v) is 8.50. The topological polar surface area (TPSA) is 38.3 Å². The zero-order chi connectivity index (χ0) is 12.5. The molecule has 0 saturated carbocycles. The van der Waals surface area contributed by atoms with Crippen molar-refractivity contribution in [3.63, 3.8) is 0 Å². The molecule has 1 unspecified atom stereocenters. The van der Waals surface area contributed by atoms with Crippen LogP contribution in [0.3, 0.4) is 0 Å². The van der Waals surface area contributed by atoms with Gasteiger partial charge in [0.1, 0.15) is 5.75 Å². The number of hydrogen-bond acceptors (Lipinski definition) is 3. The maximum absolute atomic E-state index is 12.1. The quantitative estimate of drug-likeness (QED) is 0.916. The first-order chi connectivity index (χ1) is 8.72. The summed E-state index contributed by atoms with van der Waals surface area (Å²) in [6, 6.07) is 4.14. The smallest absolute Gasteiger partial charge is 0.126 e. The molecule has 0 aromatic heterocycles. The molecule has 1 aromatic rings. The molecule has 1 saturated heterocycles. The number of hydrogen-bond donors (Lipinski definition) is 1. The Morgan fingerprint density at radius 3 is 3.00 bits per heavy atom. The molecule has 3 nitrogen and oxygen atoms in total. The van der Waals surface area contributed by atoms with Gasteiger partial charge in [0.2, 0.25) is 0 Å². The van der Waals surface area contributed by atoms with Crippen molar-refractivity contribution in [1.29, 1.82) is 0 Å². The molecule has 0 amide bonds. The van der Waals surface area contributed by atoms with Crippen molar-refractivity contribution in [2.24, 2.45) is 5.92 Å². The molecule has 2 heterocycles. The molecule has 1 N–H and O–H groups in total. The molecule has 0 spiro atoms. The van der Waals surface area contributed by atoms with E-state index < -0.39 is 10.8 Å². The normalized spacial score (nSPS) is 20.1. The van der Waals surface area contributed by atoms with E-state index in [1.54, 1.807) is 0 Å². The van der Waals surface area contributed by atoms with E-state index in [1.807, 2.05) is 6.07 Å². The van der Waals surface area contributed by atoms with Gasteiger partial charge in [-0.1, -0.05) is 15.9 Å². The lowest BCUT2D eigenvalue weighted by molar-refractivity contribution is 0.354. The third-order valence-corrected chi connectivity index (χ3v) is 5.36. The van der Waals surface area contributed by atoms with Gasteiger partial charge in [0, 0.05) is 46.1 Å². The third-order valence-electron chi connectivity index (χ3n) is 3.43. The van der Waals surface area contributed by atoms with Crippen LogP contribution in [0, 0.1) is 5.92 Å². The summed E-state index contributed by atoms with van der Waals surface area (Å²) in [6.45, 7) is 2.77. The second kappa shape index (κ2) is 5.31. The molecule has 2 aliphatic rings. The van der Waals surface area contributed by atoms with E-state index in [1.165, 1.54) is 5.56 Å². The van der Waals surface area contributed by atoms with Crippen LogP contribution >= 0.6 is 15.9 Å². The lowest BCUT2D eigenvalue weighted by Gasteiger charge is -2.26. The molecule has 3 rings (SSSR count). The van der Waals surface area contributed by atoms with Crippen LogP contribution in [0.4, 0.5) is 0 Å². The van der Waals surface area contributed by atoms with E-state index in [0.29, 0.717) is 11.7 Å². The second-order valence-corrected chi connectivity index (χ2v) is 7.34. The maximum atomic E-state index is 12.1. The van der Waals surface area contributed by atoms with Gasteiger partial charge in [0.25, 0.3) is 0 Å². The zero-order valence-corrected chi connectivity index (χ0v) is 12.5. The lowest BCUT2D eigenvalue weighted by Crippen LogP contribution is -2.44. The van der Waals surface area contributed by atoms with Crippen LogP contribution in [0.15, 0.2) is 16.6 Å². The van der Waals surface area contributed by atoms with Crippen molar-refractivity contribution < 1.29 is 8.95 Å². The summed E-state index contributed by atoms with van der Waals surface area (Å²) < 4.78 is 18.9. The summed E-state index contributed by atoms with van der Waals surface area (Å²) in [6.07, 6.45) is 0.959. The van der Waals surface area contributed by atoms with E-state index in [2.05, 4.69) is 27.3 Å². The second-order valence-electron chi connectivity index (χ2n) is 4.93. The maximum Gasteiger partial charge on any atom is 0.126 e. The Morgan fingerprint density at radius 2 is 2.28 bits per heavy atom. The summed E-state index contributed by atoms with van der Waals surface area (Å²) in [5.41, 5.74) is 2.32. The molecule has 1 atom stereocenters. The molecule has 0 radical (unpaired) electrons. The Labute approximate surface area is 118 Å². The van der Waals surface area contributed by atoms with Crippen molar-refractivity contribution in [3.05, 3.63) is 27.7 Å². The number of benzene rings is 1. The molecule has 0 bridgehead atoms. The highest BCUT2D eigenvalue weighted by Gasteiger charge is 2.22. The van der Waals surface area contributed by atoms with Gasteiger partial charge in [-0.2, -0.15) is 0 Å². The number of ether oxygens (including phenoxy) is 1. The monoisotopic (exact) mass is 329 g/mol. The van der Waals surface area contributed by atoms with E-state index in [0.717, 1.165) is 47.7 Å². The molecular formula is C13H16BrNO2S. The lowest BCUT2D eigenvalue weighted by atomic mass is 10.1. The fourth-order valence-electron chi connectivity index (χ4n) is 2.41. The van der Waals surface area contributed by atoms with Crippen LogP contribution in [0.5, 0.6) is 5.75 Å². The number of rotatable bonds is 4. The molecular weight excluding hydrogens is 314 g/mol. The van der Waals surface area contributed by atoms with Gasteiger partial charge < -0.3 is 10.1 Å². The fraction of sp³-hybridized carbons (Fsp3) is 0.538. The van der Waals surface area contributed by atoms with Gasteiger partial charge in [0.05, 0.1) is 12.4 Å². The molecule has 1 fully saturated rings.